The van der Waals surface area contributed by atoms with Gasteiger partial charge in [-0.1, -0.05) is 11.6 Å². The Bertz CT molecular complexity index is 320. The molecule has 0 fully saturated rings. The second-order valence-electron chi connectivity index (χ2n) is 2.92. The lowest BCUT2D eigenvalue weighted by Gasteiger charge is -2.05. The second kappa shape index (κ2) is 5.53. The van der Waals surface area contributed by atoms with E-state index in [1.807, 2.05) is 13.8 Å². The molecule has 5 heteroatoms. The zero-order valence-corrected chi connectivity index (χ0v) is 9.82. The van der Waals surface area contributed by atoms with Crippen LogP contribution in [0, 0.1) is 13.8 Å². The molecule has 0 aromatic carbocycles. The maximum atomic E-state index is 8.63. The summed E-state index contributed by atoms with van der Waals surface area (Å²) in [5.41, 5.74) is 1.77. The summed E-state index contributed by atoms with van der Waals surface area (Å²) in [5, 5.41) is 9.84. The lowest BCUT2D eigenvalue weighted by atomic mass is 10.4. The summed E-state index contributed by atoms with van der Waals surface area (Å²) < 4.78 is 0. The van der Waals surface area contributed by atoms with E-state index >= 15 is 0 Å². The number of aliphatic hydroxyl groups is 1. The average molecular weight is 233 g/mol. The summed E-state index contributed by atoms with van der Waals surface area (Å²) in [7, 11) is 0. The van der Waals surface area contributed by atoms with Crippen LogP contribution in [0.15, 0.2) is 5.03 Å². The first kappa shape index (κ1) is 11.8. The maximum absolute atomic E-state index is 8.63. The summed E-state index contributed by atoms with van der Waals surface area (Å²) in [6.07, 6.45) is 0.746. The van der Waals surface area contributed by atoms with Crippen molar-refractivity contribution in [3.8, 4) is 0 Å². The highest BCUT2D eigenvalue weighted by Gasteiger charge is 2.06. The Balaban J connectivity index is 2.72. The van der Waals surface area contributed by atoms with Crippen molar-refractivity contribution in [3.05, 3.63) is 16.5 Å². The van der Waals surface area contributed by atoms with Gasteiger partial charge in [0.05, 0.1) is 11.4 Å². The van der Waals surface area contributed by atoms with Crippen molar-refractivity contribution >= 4 is 23.4 Å². The molecule has 0 spiro atoms. The number of thioether (sulfide) groups is 1. The number of rotatable bonds is 4. The number of aromatic nitrogens is 2. The first-order valence-corrected chi connectivity index (χ1v) is 5.76. The molecule has 1 N–H and O–H groups in total. The first-order valence-electron chi connectivity index (χ1n) is 4.39. The third-order valence-corrected chi connectivity index (χ3v) is 3.20. The van der Waals surface area contributed by atoms with E-state index in [2.05, 4.69) is 9.97 Å². The van der Waals surface area contributed by atoms with Crippen LogP contribution in [0.1, 0.15) is 17.8 Å². The summed E-state index contributed by atoms with van der Waals surface area (Å²) in [6.45, 7) is 3.99. The first-order chi connectivity index (χ1) is 6.65. The standard InChI is InChI=1S/C9H13ClN2OS/c1-6-7(2)12-9(8(10)11-6)14-5-3-4-13/h13H,3-5H2,1-2H3. The van der Waals surface area contributed by atoms with Gasteiger partial charge in [-0.25, -0.2) is 9.97 Å². The predicted octanol–water partition coefficient (Wildman–Crippen LogP) is 2.22. The van der Waals surface area contributed by atoms with Gasteiger partial charge >= 0.3 is 0 Å². The molecule has 0 radical (unpaired) electrons. The third kappa shape index (κ3) is 3.12. The predicted molar refractivity (Wildman–Crippen MR) is 58.9 cm³/mol. The molecule has 78 valence electrons. The highest BCUT2D eigenvalue weighted by molar-refractivity contribution is 7.99. The number of hydrogen-bond donors (Lipinski definition) is 1. The molecule has 0 unspecified atom stereocenters. The van der Waals surface area contributed by atoms with E-state index in [-0.39, 0.29) is 6.61 Å². The largest absolute Gasteiger partial charge is 0.396 e. The average Bonchev–Trinajstić information content (AvgIpc) is 2.14. The monoisotopic (exact) mass is 232 g/mol. The summed E-state index contributed by atoms with van der Waals surface area (Å²) >= 11 is 7.45. The smallest absolute Gasteiger partial charge is 0.161 e. The van der Waals surface area contributed by atoms with Crippen LogP contribution in [0.4, 0.5) is 0 Å². The fraction of sp³-hybridized carbons (Fsp3) is 0.556. The van der Waals surface area contributed by atoms with Crippen molar-refractivity contribution in [1.29, 1.82) is 0 Å². The van der Waals surface area contributed by atoms with E-state index in [0.29, 0.717) is 5.15 Å². The quantitative estimate of drug-likeness (QED) is 0.639. The molecular weight excluding hydrogens is 220 g/mol. The molecule has 14 heavy (non-hydrogen) atoms. The minimum absolute atomic E-state index is 0.197. The maximum Gasteiger partial charge on any atom is 0.161 e. The normalized spacial score (nSPS) is 10.6. The van der Waals surface area contributed by atoms with Crippen molar-refractivity contribution in [2.24, 2.45) is 0 Å². The van der Waals surface area contributed by atoms with Gasteiger partial charge in [0.15, 0.2) is 5.15 Å². The molecule has 0 amide bonds. The van der Waals surface area contributed by atoms with Crippen LogP contribution in [0.25, 0.3) is 0 Å². The summed E-state index contributed by atoms with van der Waals surface area (Å²) in [4.78, 5) is 8.50. The lowest BCUT2D eigenvalue weighted by Crippen LogP contribution is -1.96. The highest BCUT2D eigenvalue weighted by Crippen LogP contribution is 2.24. The number of halogens is 1. The Labute approximate surface area is 92.9 Å². The van der Waals surface area contributed by atoms with Crippen molar-refractivity contribution in [2.75, 3.05) is 12.4 Å². The molecule has 0 aliphatic heterocycles. The number of aliphatic hydroxyl groups excluding tert-OH is 1. The van der Waals surface area contributed by atoms with Crippen molar-refractivity contribution in [3.63, 3.8) is 0 Å². The van der Waals surface area contributed by atoms with Crippen LogP contribution in [0.5, 0.6) is 0 Å². The van der Waals surface area contributed by atoms with Crippen LogP contribution >= 0.6 is 23.4 Å². The SMILES string of the molecule is Cc1nc(Cl)c(SCCCO)nc1C. The van der Waals surface area contributed by atoms with E-state index < -0.39 is 0 Å². The molecule has 1 heterocycles. The van der Waals surface area contributed by atoms with Gasteiger partial charge in [-0.3, -0.25) is 0 Å². The number of hydrogen-bond acceptors (Lipinski definition) is 4. The Hall–Kier alpha value is -0.320. The minimum atomic E-state index is 0.197. The van der Waals surface area contributed by atoms with Crippen molar-refractivity contribution in [2.45, 2.75) is 25.3 Å². The molecule has 3 nitrogen and oxygen atoms in total. The van der Waals surface area contributed by atoms with E-state index in [0.717, 1.165) is 28.6 Å². The molecule has 0 bridgehead atoms. The van der Waals surface area contributed by atoms with Crippen LogP contribution in [-0.2, 0) is 0 Å². The molecule has 0 saturated carbocycles. The fourth-order valence-electron chi connectivity index (χ4n) is 0.881. The van der Waals surface area contributed by atoms with Gasteiger partial charge in [0.2, 0.25) is 0 Å². The Morgan fingerprint density at radius 1 is 1.29 bits per heavy atom. The lowest BCUT2D eigenvalue weighted by molar-refractivity contribution is 0.296. The molecule has 0 saturated heterocycles. The Morgan fingerprint density at radius 2 is 1.93 bits per heavy atom. The van der Waals surface area contributed by atoms with Gasteiger partial charge in [0.25, 0.3) is 0 Å². The van der Waals surface area contributed by atoms with Crippen LogP contribution in [0.2, 0.25) is 5.15 Å². The zero-order chi connectivity index (χ0) is 10.6. The Kier molecular flexibility index (Phi) is 4.65. The van der Waals surface area contributed by atoms with E-state index in [9.17, 15) is 0 Å². The van der Waals surface area contributed by atoms with Gasteiger partial charge in [0, 0.05) is 12.4 Å². The van der Waals surface area contributed by atoms with Gasteiger partial charge in [0.1, 0.15) is 5.03 Å². The molecule has 0 aliphatic carbocycles. The number of nitrogens with zero attached hydrogens (tertiary/aromatic N) is 2. The van der Waals surface area contributed by atoms with Gasteiger partial charge in [-0.15, -0.1) is 11.8 Å². The zero-order valence-electron chi connectivity index (χ0n) is 8.25. The Morgan fingerprint density at radius 3 is 2.57 bits per heavy atom. The van der Waals surface area contributed by atoms with Crippen LogP contribution < -0.4 is 0 Å². The van der Waals surface area contributed by atoms with Crippen molar-refractivity contribution < 1.29 is 5.11 Å². The third-order valence-electron chi connectivity index (χ3n) is 1.78. The highest BCUT2D eigenvalue weighted by atomic mass is 35.5. The molecule has 1 aromatic heterocycles. The van der Waals surface area contributed by atoms with Crippen LogP contribution in [-0.4, -0.2) is 27.4 Å². The molecule has 1 aromatic rings. The molecule has 1 rings (SSSR count). The van der Waals surface area contributed by atoms with Gasteiger partial charge in [-0.2, -0.15) is 0 Å². The van der Waals surface area contributed by atoms with Crippen molar-refractivity contribution in [1.82, 2.24) is 9.97 Å². The summed E-state index contributed by atoms with van der Waals surface area (Å²) in [6, 6.07) is 0. The van der Waals surface area contributed by atoms with E-state index in [1.165, 1.54) is 11.8 Å². The summed E-state index contributed by atoms with van der Waals surface area (Å²) in [5.74, 6) is 0.813. The number of aryl methyl sites for hydroxylation is 2. The minimum Gasteiger partial charge on any atom is -0.396 e. The topological polar surface area (TPSA) is 46.0 Å². The van der Waals surface area contributed by atoms with E-state index in [4.69, 9.17) is 16.7 Å². The molecule has 0 aliphatic rings. The van der Waals surface area contributed by atoms with Gasteiger partial charge in [-0.05, 0) is 20.3 Å². The molecular formula is C9H13ClN2OS. The van der Waals surface area contributed by atoms with E-state index in [1.54, 1.807) is 0 Å². The second-order valence-corrected chi connectivity index (χ2v) is 4.36. The molecule has 0 atom stereocenters. The fourth-order valence-corrected chi connectivity index (χ4v) is 2.05. The van der Waals surface area contributed by atoms with Crippen LogP contribution in [0.3, 0.4) is 0 Å². The van der Waals surface area contributed by atoms with Gasteiger partial charge < -0.3 is 5.11 Å².